The first-order valence-electron chi connectivity index (χ1n) is 13.0. The predicted molar refractivity (Wildman–Crippen MR) is 151 cm³/mol. The number of halogens is 2. The van der Waals surface area contributed by atoms with Crippen LogP contribution < -0.4 is 4.74 Å². The van der Waals surface area contributed by atoms with Crippen LogP contribution in [0.15, 0.2) is 58.1 Å². The van der Waals surface area contributed by atoms with E-state index in [9.17, 15) is 9.59 Å². The highest BCUT2D eigenvalue weighted by Gasteiger charge is 2.32. The summed E-state index contributed by atoms with van der Waals surface area (Å²) in [5.41, 5.74) is 2.88. The molecule has 2 aromatic rings. The van der Waals surface area contributed by atoms with Gasteiger partial charge >= 0.3 is 5.97 Å². The molecule has 6 nitrogen and oxygen atoms in total. The average molecular weight is 592 g/mol. The highest BCUT2D eigenvalue weighted by Crippen LogP contribution is 2.34. The van der Waals surface area contributed by atoms with Crippen molar-refractivity contribution in [3.05, 3.63) is 64.1 Å². The maximum atomic E-state index is 12.5. The molecule has 1 aliphatic rings. The normalized spacial score (nSPS) is 14.9. The van der Waals surface area contributed by atoms with E-state index >= 15 is 0 Å². The topological polar surface area (TPSA) is 68.2 Å². The van der Waals surface area contributed by atoms with E-state index < -0.39 is 0 Å². The molecule has 1 atom stereocenters. The Bertz CT molecular complexity index is 1030. The number of carbonyl (C=O) groups is 2. The lowest BCUT2D eigenvalue weighted by molar-refractivity contribution is -0.140. The van der Waals surface area contributed by atoms with E-state index in [0.717, 1.165) is 52.7 Å². The summed E-state index contributed by atoms with van der Waals surface area (Å²) in [4.78, 5) is 23.6. The van der Waals surface area contributed by atoms with Crippen molar-refractivity contribution in [1.29, 1.82) is 0 Å². The summed E-state index contributed by atoms with van der Waals surface area (Å²) in [5, 5.41) is 6.12. The van der Waals surface area contributed by atoms with E-state index in [1.165, 1.54) is 37.8 Å². The molecule has 8 heteroatoms. The number of methoxy groups -OCH3 is 1. The van der Waals surface area contributed by atoms with Crippen LogP contribution in [0.4, 0.5) is 0 Å². The lowest BCUT2D eigenvalue weighted by atomic mass is 9.98. The van der Waals surface area contributed by atoms with Gasteiger partial charge in [0.2, 0.25) is 0 Å². The molecule has 0 aliphatic carbocycles. The van der Waals surface area contributed by atoms with Gasteiger partial charge in [-0.05, 0) is 48.2 Å². The minimum atomic E-state index is -0.208. The van der Waals surface area contributed by atoms with E-state index in [4.69, 9.17) is 16.3 Å². The molecular formula is C29H36BrClN2O4. The van der Waals surface area contributed by atoms with E-state index in [-0.39, 0.29) is 23.8 Å². The van der Waals surface area contributed by atoms with Gasteiger partial charge in [0.25, 0.3) is 5.91 Å². The van der Waals surface area contributed by atoms with Gasteiger partial charge in [-0.15, -0.1) is 11.6 Å². The molecule has 200 valence electrons. The van der Waals surface area contributed by atoms with Crippen molar-refractivity contribution in [2.45, 2.75) is 70.3 Å². The Morgan fingerprint density at radius 3 is 2.19 bits per heavy atom. The zero-order valence-electron chi connectivity index (χ0n) is 21.5. The third kappa shape index (κ3) is 9.46. The number of benzene rings is 2. The number of rotatable bonds is 15. The molecule has 37 heavy (non-hydrogen) atoms. The highest BCUT2D eigenvalue weighted by molar-refractivity contribution is 9.10. The molecule has 0 aromatic heterocycles. The molecule has 1 unspecified atom stereocenters. The fraction of sp³-hybridized carbons (Fsp3) is 0.483. The van der Waals surface area contributed by atoms with Crippen molar-refractivity contribution in [1.82, 2.24) is 5.01 Å². The Hall–Kier alpha value is -2.38. The Morgan fingerprint density at radius 1 is 0.946 bits per heavy atom. The number of hydrogen-bond acceptors (Lipinski definition) is 5. The number of nitrogens with zero attached hydrogens (tertiary/aromatic N) is 2. The smallest absolute Gasteiger partial charge is 0.305 e. The Balaban J connectivity index is 1.38. The monoisotopic (exact) mass is 590 g/mol. The van der Waals surface area contributed by atoms with Gasteiger partial charge in [-0.25, -0.2) is 5.01 Å². The van der Waals surface area contributed by atoms with Crippen LogP contribution in [0.25, 0.3) is 0 Å². The second kappa shape index (κ2) is 15.8. The lowest BCUT2D eigenvalue weighted by Crippen LogP contribution is -2.27. The summed E-state index contributed by atoms with van der Waals surface area (Å²) < 4.78 is 11.6. The highest BCUT2D eigenvalue weighted by atomic mass is 79.9. The molecule has 0 N–H and O–H groups in total. The molecule has 0 bridgehead atoms. The first-order chi connectivity index (χ1) is 18.0. The zero-order valence-corrected chi connectivity index (χ0v) is 23.8. The molecule has 0 saturated heterocycles. The van der Waals surface area contributed by atoms with Crippen LogP contribution >= 0.6 is 27.5 Å². The summed E-state index contributed by atoms with van der Waals surface area (Å²) in [7, 11) is 1.44. The van der Waals surface area contributed by atoms with E-state index in [0.29, 0.717) is 19.4 Å². The van der Waals surface area contributed by atoms with Gasteiger partial charge in [-0.3, -0.25) is 9.59 Å². The van der Waals surface area contributed by atoms with Gasteiger partial charge in [0, 0.05) is 17.3 Å². The third-order valence-electron chi connectivity index (χ3n) is 6.49. The van der Waals surface area contributed by atoms with Crippen LogP contribution in [0.3, 0.4) is 0 Å². The number of esters is 1. The SMILES string of the molecule is COC(=O)CCCCCCCCCCOc1ccc(C2CC(c3ccc(Br)cc3)=NN2C(=O)CCl)cc1. The molecule has 1 aliphatic heterocycles. The van der Waals surface area contributed by atoms with Gasteiger partial charge in [0.05, 0.1) is 25.5 Å². The molecule has 0 spiro atoms. The summed E-state index contributed by atoms with van der Waals surface area (Å²) in [6.45, 7) is 0.690. The fourth-order valence-corrected chi connectivity index (χ4v) is 4.78. The van der Waals surface area contributed by atoms with Crippen LogP contribution in [0, 0.1) is 0 Å². The van der Waals surface area contributed by atoms with Gasteiger partial charge < -0.3 is 9.47 Å². The van der Waals surface area contributed by atoms with Crippen molar-refractivity contribution in [3.8, 4) is 5.75 Å². The lowest BCUT2D eigenvalue weighted by Gasteiger charge is -2.21. The maximum absolute atomic E-state index is 12.5. The van der Waals surface area contributed by atoms with Crippen molar-refractivity contribution in [2.24, 2.45) is 5.10 Å². The number of hydrogen-bond donors (Lipinski definition) is 0. The Kier molecular flexibility index (Phi) is 12.4. The molecule has 1 amide bonds. The molecule has 0 radical (unpaired) electrons. The second-order valence-corrected chi connectivity index (χ2v) is 10.4. The number of unbranched alkanes of at least 4 members (excludes halogenated alkanes) is 7. The summed E-state index contributed by atoms with van der Waals surface area (Å²) in [6.07, 6.45) is 10.1. The first-order valence-corrected chi connectivity index (χ1v) is 14.4. The largest absolute Gasteiger partial charge is 0.494 e. The molecule has 3 rings (SSSR count). The molecule has 0 saturated carbocycles. The molecule has 0 fully saturated rings. The molecule has 2 aromatic carbocycles. The van der Waals surface area contributed by atoms with Gasteiger partial charge in [-0.1, -0.05) is 78.7 Å². The standard InChI is InChI=1S/C29H36BrClN2O4/c1-36-29(35)10-8-6-4-2-3-5-7-9-19-37-25-17-13-23(14-18-25)27-20-26(32-33(27)28(34)21-31)22-11-15-24(30)16-12-22/h11-18,27H,2-10,19-21H2,1H3. The minimum Gasteiger partial charge on any atom is -0.494 e. The van der Waals surface area contributed by atoms with Crippen molar-refractivity contribution in [3.63, 3.8) is 0 Å². The van der Waals surface area contributed by atoms with Crippen molar-refractivity contribution < 1.29 is 19.1 Å². The quantitative estimate of drug-likeness (QED) is 0.123. The van der Waals surface area contributed by atoms with Crippen molar-refractivity contribution >= 4 is 45.1 Å². The molecular weight excluding hydrogens is 556 g/mol. The van der Waals surface area contributed by atoms with E-state index in [1.807, 2.05) is 48.5 Å². The first kappa shape index (κ1) is 29.2. The van der Waals surface area contributed by atoms with E-state index in [2.05, 4.69) is 25.8 Å². The number of ether oxygens (including phenoxy) is 2. The van der Waals surface area contributed by atoms with Crippen molar-refractivity contribution in [2.75, 3.05) is 19.6 Å². The number of carbonyl (C=O) groups excluding carboxylic acids is 2. The summed E-state index contributed by atoms with van der Waals surface area (Å²) in [5.74, 6) is 0.401. The number of hydrazone groups is 1. The van der Waals surface area contributed by atoms with Gasteiger partial charge in [-0.2, -0.15) is 5.10 Å². The van der Waals surface area contributed by atoms with Gasteiger partial charge in [0.15, 0.2) is 0 Å². The average Bonchev–Trinajstić information content (AvgIpc) is 3.37. The predicted octanol–water partition coefficient (Wildman–Crippen LogP) is 7.43. The van der Waals surface area contributed by atoms with Crippen LogP contribution in [0.2, 0.25) is 0 Å². The molecule has 1 heterocycles. The minimum absolute atomic E-state index is 0.107. The number of amides is 1. The van der Waals surface area contributed by atoms with Crippen LogP contribution in [0.5, 0.6) is 5.75 Å². The summed E-state index contributed by atoms with van der Waals surface area (Å²) >= 11 is 9.33. The Morgan fingerprint density at radius 2 is 1.57 bits per heavy atom. The zero-order chi connectivity index (χ0) is 26.5. The van der Waals surface area contributed by atoms with Crippen LogP contribution in [-0.2, 0) is 14.3 Å². The second-order valence-electron chi connectivity index (χ2n) is 9.22. The Labute approximate surface area is 233 Å². The van der Waals surface area contributed by atoms with Crippen LogP contribution in [0.1, 0.15) is 81.4 Å². The van der Waals surface area contributed by atoms with Gasteiger partial charge in [0.1, 0.15) is 11.6 Å². The maximum Gasteiger partial charge on any atom is 0.305 e. The number of alkyl halides is 1. The fourth-order valence-electron chi connectivity index (χ4n) is 4.39. The van der Waals surface area contributed by atoms with Crippen LogP contribution in [-0.4, -0.2) is 42.2 Å². The third-order valence-corrected chi connectivity index (χ3v) is 7.25. The summed E-state index contributed by atoms with van der Waals surface area (Å²) in [6, 6.07) is 15.7. The van der Waals surface area contributed by atoms with E-state index in [1.54, 1.807) is 0 Å².